The quantitative estimate of drug-likeness (QED) is 0.570. The molecule has 0 aliphatic rings. The highest BCUT2D eigenvalue weighted by Crippen LogP contribution is 2.11. The van der Waals surface area contributed by atoms with Crippen LogP contribution < -0.4 is 11.1 Å². The number of carbonyl (C=O) groups is 1. The van der Waals surface area contributed by atoms with Gasteiger partial charge < -0.3 is 11.1 Å². The smallest absolute Gasteiger partial charge is 0.239 e. The number of hydrogen-bond donors (Lipinski definition) is 2. The van der Waals surface area contributed by atoms with Gasteiger partial charge in [-0.25, -0.2) is 4.39 Å². The van der Waals surface area contributed by atoms with Crippen LogP contribution >= 0.6 is 0 Å². The van der Waals surface area contributed by atoms with Crippen LogP contribution in [-0.2, 0) is 4.79 Å². The molecule has 1 atom stereocenters. The molecule has 0 saturated carbocycles. The monoisotopic (exact) mass is 148 g/mol. The lowest BCUT2D eigenvalue weighted by molar-refractivity contribution is -0.124. The van der Waals surface area contributed by atoms with Crippen molar-refractivity contribution in [1.82, 2.24) is 5.32 Å². The third-order valence-corrected chi connectivity index (χ3v) is 1.27. The lowest BCUT2D eigenvalue weighted by atomic mass is 10.0. The fourth-order valence-corrected chi connectivity index (χ4v) is 0.467. The van der Waals surface area contributed by atoms with E-state index in [1.54, 1.807) is 0 Å². The van der Waals surface area contributed by atoms with Gasteiger partial charge in [-0.3, -0.25) is 4.79 Å². The van der Waals surface area contributed by atoms with Gasteiger partial charge in [-0.2, -0.15) is 0 Å². The molecule has 0 aromatic carbocycles. The molecule has 0 aliphatic heterocycles. The number of nitrogens with one attached hydrogen (secondary N) is 1. The van der Waals surface area contributed by atoms with Crippen LogP contribution in [0.2, 0.25) is 0 Å². The average molecular weight is 148 g/mol. The molecule has 0 aliphatic carbocycles. The second kappa shape index (κ2) is 2.96. The highest BCUT2D eigenvalue weighted by molar-refractivity contribution is 5.82. The Balaban J connectivity index is 4.08. The number of carbonyl (C=O) groups excluding carboxylic acids is 1. The first-order chi connectivity index (χ1) is 4.39. The van der Waals surface area contributed by atoms with Crippen molar-refractivity contribution in [1.29, 1.82) is 0 Å². The fraction of sp³-hybridized carbons (Fsp3) is 0.833. The molecule has 0 saturated heterocycles. The van der Waals surface area contributed by atoms with Crippen LogP contribution in [0, 0.1) is 0 Å². The predicted octanol–water partition coefficient (Wildman–Crippen LogP) is -0.192. The topological polar surface area (TPSA) is 55.1 Å². The van der Waals surface area contributed by atoms with Gasteiger partial charge in [-0.1, -0.05) is 0 Å². The van der Waals surface area contributed by atoms with Gasteiger partial charge in [-0.05, 0) is 13.8 Å². The molecule has 0 radical (unpaired) electrons. The van der Waals surface area contributed by atoms with E-state index < -0.39 is 17.6 Å². The Bertz CT molecular complexity index is 130. The van der Waals surface area contributed by atoms with Gasteiger partial charge in [0.15, 0.2) is 0 Å². The number of halogens is 1. The maximum Gasteiger partial charge on any atom is 0.239 e. The molecule has 0 rings (SSSR count). The Hall–Kier alpha value is -0.640. The predicted molar refractivity (Wildman–Crippen MR) is 37.2 cm³/mol. The summed E-state index contributed by atoms with van der Waals surface area (Å²) in [6.07, 6.45) is 0. The van der Waals surface area contributed by atoms with Gasteiger partial charge in [0, 0.05) is 7.05 Å². The molecule has 0 aromatic rings. The van der Waals surface area contributed by atoms with Gasteiger partial charge >= 0.3 is 0 Å². The summed E-state index contributed by atoms with van der Waals surface area (Å²) < 4.78 is 12.8. The van der Waals surface area contributed by atoms with E-state index in [9.17, 15) is 9.18 Å². The van der Waals surface area contributed by atoms with Crippen molar-refractivity contribution in [3.63, 3.8) is 0 Å². The van der Waals surface area contributed by atoms with E-state index in [-0.39, 0.29) is 0 Å². The third kappa shape index (κ3) is 2.31. The molecular weight excluding hydrogens is 135 g/mol. The highest BCUT2D eigenvalue weighted by Gasteiger charge is 2.30. The van der Waals surface area contributed by atoms with Crippen molar-refractivity contribution in [2.24, 2.45) is 5.73 Å². The molecule has 1 amide bonds. The minimum absolute atomic E-state index is 0.479. The van der Waals surface area contributed by atoms with Crippen LogP contribution in [0.4, 0.5) is 4.39 Å². The highest BCUT2D eigenvalue weighted by atomic mass is 19.1. The molecule has 0 fully saturated rings. The van der Waals surface area contributed by atoms with Crippen molar-refractivity contribution in [3.05, 3.63) is 0 Å². The van der Waals surface area contributed by atoms with Gasteiger partial charge in [-0.15, -0.1) is 0 Å². The number of nitrogens with two attached hydrogens (primary N) is 1. The summed E-state index contributed by atoms with van der Waals surface area (Å²) in [6.45, 7) is 2.54. The summed E-state index contributed by atoms with van der Waals surface area (Å²) in [5, 5.41) is 2.27. The molecule has 3 nitrogen and oxygen atoms in total. The molecule has 3 N–H and O–H groups in total. The fourth-order valence-electron chi connectivity index (χ4n) is 0.467. The molecular formula is C6H13FN2O. The maximum absolute atomic E-state index is 12.8. The second-order valence-electron chi connectivity index (χ2n) is 2.66. The van der Waals surface area contributed by atoms with E-state index in [0.29, 0.717) is 0 Å². The van der Waals surface area contributed by atoms with Crippen molar-refractivity contribution < 1.29 is 9.18 Å². The normalized spacial score (nSPS) is 14.5. The van der Waals surface area contributed by atoms with Gasteiger partial charge in [0.2, 0.25) is 5.91 Å². The Labute approximate surface area is 59.8 Å². The molecule has 0 spiro atoms. The molecule has 0 bridgehead atoms. The summed E-state index contributed by atoms with van der Waals surface area (Å²) in [5.74, 6) is -0.479. The first-order valence-corrected chi connectivity index (χ1v) is 3.05. The summed E-state index contributed by atoms with van der Waals surface area (Å²) >= 11 is 0. The lowest BCUT2D eigenvalue weighted by Crippen LogP contribution is -2.50. The first-order valence-electron chi connectivity index (χ1n) is 3.05. The van der Waals surface area contributed by atoms with Crippen molar-refractivity contribution in [2.75, 3.05) is 7.05 Å². The van der Waals surface area contributed by atoms with Crippen molar-refractivity contribution in [3.8, 4) is 0 Å². The van der Waals surface area contributed by atoms with Gasteiger partial charge in [0.25, 0.3) is 0 Å². The second-order valence-corrected chi connectivity index (χ2v) is 2.66. The van der Waals surface area contributed by atoms with Crippen LogP contribution in [0.3, 0.4) is 0 Å². The zero-order valence-corrected chi connectivity index (χ0v) is 6.44. The number of hydrogen-bond acceptors (Lipinski definition) is 2. The van der Waals surface area contributed by atoms with E-state index in [1.807, 2.05) is 0 Å². The van der Waals surface area contributed by atoms with Crippen LogP contribution in [-0.4, -0.2) is 24.7 Å². The number of alkyl halides is 1. The Morgan fingerprint density at radius 1 is 1.70 bits per heavy atom. The summed E-state index contributed by atoms with van der Waals surface area (Å²) in [4.78, 5) is 10.7. The zero-order valence-electron chi connectivity index (χ0n) is 6.44. The molecule has 60 valence electrons. The van der Waals surface area contributed by atoms with E-state index in [2.05, 4.69) is 5.32 Å². The largest absolute Gasteiger partial charge is 0.358 e. The SMILES string of the molecule is CNC(=O)[C@@H](N)C(C)(C)F. The van der Waals surface area contributed by atoms with Crippen LogP contribution in [0.1, 0.15) is 13.8 Å². The van der Waals surface area contributed by atoms with E-state index in [1.165, 1.54) is 20.9 Å². The molecule has 4 heteroatoms. The summed E-state index contributed by atoms with van der Waals surface area (Å²) in [6, 6.07) is -1.09. The van der Waals surface area contributed by atoms with Crippen LogP contribution in [0.5, 0.6) is 0 Å². The number of likely N-dealkylation sites (N-methyl/N-ethyl adjacent to an activating group) is 1. The number of rotatable bonds is 2. The van der Waals surface area contributed by atoms with Gasteiger partial charge in [0.05, 0.1) is 0 Å². The zero-order chi connectivity index (χ0) is 8.36. The minimum Gasteiger partial charge on any atom is -0.358 e. The molecule has 0 aromatic heterocycles. The maximum atomic E-state index is 12.8. The number of amides is 1. The Morgan fingerprint density at radius 3 is 2.20 bits per heavy atom. The first kappa shape index (κ1) is 9.36. The summed E-state index contributed by atoms with van der Waals surface area (Å²) in [7, 11) is 1.42. The molecule has 10 heavy (non-hydrogen) atoms. The molecule has 0 heterocycles. The lowest BCUT2D eigenvalue weighted by Gasteiger charge is -2.20. The third-order valence-electron chi connectivity index (χ3n) is 1.27. The minimum atomic E-state index is -1.65. The average Bonchev–Trinajstić information content (AvgIpc) is 1.83. The Kier molecular flexibility index (Phi) is 2.77. The van der Waals surface area contributed by atoms with Crippen molar-refractivity contribution in [2.45, 2.75) is 25.6 Å². The van der Waals surface area contributed by atoms with E-state index >= 15 is 0 Å². The van der Waals surface area contributed by atoms with Crippen molar-refractivity contribution >= 4 is 5.91 Å². The standard InChI is InChI=1S/C6H13FN2O/c1-6(2,7)4(8)5(10)9-3/h4H,8H2,1-3H3,(H,9,10)/t4-/m1/s1. The van der Waals surface area contributed by atoms with E-state index in [4.69, 9.17) is 5.73 Å². The Morgan fingerprint density at radius 2 is 2.10 bits per heavy atom. The van der Waals surface area contributed by atoms with Crippen LogP contribution in [0.25, 0.3) is 0 Å². The molecule has 0 unspecified atom stereocenters. The summed E-state index contributed by atoms with van der Waals surface area (Å²) in [5.41, 5.74) is 3.57. The van der Waals surface area contributed by atoms with Gasteiger partial charge in [0.1, 0.15) is 11.7 Å². The van der Waals surface area contributed by atoms with Crippen LogP contribution in [0.15, 0.2) is 0 Å². The van der Waals surface area contributed by atoms with E-state index in [0.717, 1.165) is 0 Å².